The van der Waals surface area contributed by atoms with E-state index in [2.05, 4.69) is 15.6 Å². The lowest BCUT2D eigenvalue weighted by Gasteiger charge is -2.41. The van der Waals surface area contributed by atoms with Crippen molar-refractivity contribution in [1.82, 2.24) is 10.3 Å². The van der Waals surface area contributed by atoms with Gasteiger partial charge in [-0.25, -0.2) is 4.98 Å². The predicted octanol–water partition coefficient (Wildman–Crippen LogP) is 5.08. The van der Waals surface area contributed by atoms with Gasteiger partial charge in [-0.2, -0.15) is 0 Å². The van der Waals surface area contributed by atoms with Crippen molar-refractivity contribution in [3.8, 4) is 11.5 Å². The molecular weight excluding hydrogens is 751 g/mol. The van der Waals surface area contributed by atoms with Crippen LogP contribution in [0.2, 0.25) is 0 Å². The number of fused-ring (bicyclic) bond motifs is 3. The summed E-state index contributed by atoms with van der Waals surface area (Å²) in [6, 6.07) is 10.1. The summed E-state index contributed by atoms with van der Waals surface area (Å²) < 4.78 is 30.0. The number of aromatic nitrogens is 1. The first-order chi connectivity index (χ1) is 26.5. The second kappa shape index (κ2) is 17.1. The van der Waals surface area contributed by atoms with E-state index in [1.54, 1.807) is 13.3 Å². The van der Waals surface area contributed by atoms with Crippen LogP contribution >= 0.6 is 21.6 Å². The number of hydrogen-bond acceptors (Lipinski definition) is 15. The van der Waals surface area contributed by atoms with Crippen LogP contribution in [0.5, 0.6) is 11.5 Å². The van der Waals surface area contributed by atoms with Crippen molar-refractivity contribution in [2.75, 3.05) is 31.3 Å². The van der Waals surface area contributed by atoms with Gasteiger partial charge in [-0.15, -0.1) is 0 Å². The Morgan fingerprint density at radius 1 is 1.04 bits per heavy atom. The molecule has 0 spiro atoms. The maximum Gasteiger partial charge on any atom is 0.225 e. The molecule has 0 unspecified atom stereocenters. The van der Waals surface area contributed by atoms with Crippen molar-refractivity contribution in [3.05, 3.63) is 76.0 Å². The number of methoxy groups -OCH3 is 1. The Morgan fingerprint density at radius 3 is 2.60 bits per heavy atom. The first kappa shape index (κ1) is 39.4. The number of rotatable bonds is 12. The van der Waals surface area contributed by atoms with Crippen molar-refractivity contribution in [2.45, 2.75) is 88.1 Å². The van der Waals surface area contributed by atoms with Crippen molar-refractivity contribution in [1.29, 1.82) is 0 Å². The molecule has 3 aromatic rings. The standard InChI is InChI=1S/C39H43N3O11S2/c1-19(43)21-17-23-31(26(18-21)52-29-11-10-25(20(2)51-29)53-38-39(49-3)50-15-14-41-38)37(48)33-32(35(23)46)34(45)22-7-6-8-24(30(22)36(33)47)42-27(44)12-16-54-55-28-9-4-5-13-40-28/h4-9,13,20-21,25-26,29,38-39,41,46,48H,10-12,14-18H2,1-3H3,(H,42,44)/t20-,21+,25-,26-,29-,38+,39-/m0/s1. The van der Waals surface area contributed by atoms with E-state index in [1.165, 1.54) is 46.7 Å². The molecule has 2 aliphatic heterocycles. The second-order valence-corrected chi connectivity index (χ2v) is 16.3. The number of benzene rings is 2. The van der Waals surface area contributed by atoms with Crippen molar-refractivity contribution < 1.29 is 53.1 Å². The SMILES string of the molecule is CO[C@H]1OCCN[C@@H]1O[C@H]1CC[C@H](O[C@H]2C[C@H](C(C)=O)Cc3c(O)c4c(c(O)c32)C(=O)c2c(NC(=O)CCSSc3ccccn3)cccc2C4=O)O[C@H]1C. The fourth-order valence-electron chi connectivity index (χ4n) is 7.57. The average Bonchev–Trinajstić information content (AvgIpc) is 3.18. The minimum atomic E-state index is -0.962. The summed E-state index contributed by atoms with van der Waals surface area (Å²) in [7, 11) is 4.44. The number of amides is 1. The Bertz CT molecular complexity index is 1960. The third-order valence-corrected chi connectivity index (χ3v) is 12.6. The monoisotopic (exact) mass is 793 g/mol. The van der Waals surface area contributed by atoms with Gasteiger partial charge in [0.1, 0.15) is 22.3 Å². The number of anilines is 1. The number of carbonyl (C=O) groups excluding carboxylic acids is 4. The molecule has 0 bridgehead atoms. The summed E-state index contributed by atoms with van der Waals surface area (Å²) in [4.78, 5) is 58.5. The van der Waals surface area contributed by atoms with Gasteiger partial charge in [-0.1, -0.05) is 29.0 Å². The fourth-order valence-corrected chi connectivity index (χ4v) is 9.44. The molecule has 14 nitrogen and oxygen atoms in total. The molecule has 292 valence electrons. The Labute approximate surface area is 325 Å². The highest BCUT2D eigenvalue weighted by atomic mass is 33.1. The van der Waals surface area contributed by atoms with Gasteiger partial charge in [-0.05, 0) is 62.1 Å². The van der Waals surface area contributed by atoms with Crippen LogP contribution in [0.15, 0.2) is 47.6 Å². The number of nitrogens with zero attached hydrogens (tertiary/aromatic N) is 1. The number of hydrogen-bond donors (Lipinski definition) is 4. The van der Waals surface area contributed by atoms with E-state index in [1.807, 2.05) is 25.1 Å². The molecule has 7 atom stereocenters. The number of phenolic OH excluding ortho intramolecular Hbond substituents is 2. The first-order valence-corrected chi connectivity index (χ1v) is 20.6. The number of phenols is 2. The number of ether oxygens (including phenoxy) is 5. The fraction of sp³-hybridized carbons (Fsp3) is 0.462. The van der Waals surface area contributed by atoms with Crippen LogP contribution in [0.3, 0.4) is 0 Å². The van der Waals surface area contributed by atoms with Gasteiger partial charge < -0.3 is 39.2 Å². The molecule has 0 radical (unpaired) electrons. The maximum atomic E-state index is 14.3. The lowest BCUT2D eigenvalue weighted by atomic mass is 9.73. The quantitative estimate of drug-likeness (QED) is 0.0844. The van der Waals surface area contributed by atoms with Gasteiger partial charge in [-0.3, -0.25) is 24.5 Å². The summed E-state index contributed by atoms with van der Waals surface area (Å²) in [6.07, 6.45) is -0.566. The largest absolute Gasteiger partial charge is 0.507 e. The highest BCUT2D eigenvalue weighted by molar-refractivity contribution is 8.76. The Kier molecular flexibility index (Phi) is 12.2. The average molecular weight is 794 g/mol. The number of morpholine rings is 1. The Hall–Kier alpha value is -3.87. The molecule has 0 saturated carbocycles. The van der Waals surface area contributed by atoms with E-state index in [4.69, 9.17) is 23.7 Å². The van der Waals surface area contributed by atoms with Crippen molar-refractivity contribution in [3.63, 3.8) is 0 Å². The first-order valence-electron chi connectivity index (χ1n) is 18.2. The smallest absolute Gasteiger partial charge is 0.225 e. The molecule has 2 fully saturated rings. The van der Waals surface area contributed by atoms with Gasteiger partial charge >= 0.3 is 0 Å². The summed E-state index contributed by atoms with van der Waals surface area (Å²) in [6.45, 7) is 4.41. The van der Waals surface area contributed by atoms with Crippen LogP contribution in [-0.2, 0) is 39.7 Å². The zero-order chi connectivity index (χ0) is 38.8. The zero-order valence-corrected chi connectivity index (χ0v) is 32.2. The maximum absolute atomic E-state index is 14.3. The molecule has 4 aliphatic rings. The van der Waals surface area contributed by atoms with E-state index in [-0.39, 0.29) is 76.1 Å². The van der Waals surface area contributed by atoms with Gasteiger partial charge in [0.15, 0.2) is 30.4 Å². The molecule has 55 heavy (non-hydrogen) atoms. The zero-order valence-electron chi connectivity index (χ0n) is 30.6. The molecule has 2 aliphatic carbocycles. The molecule has 3 heterocycles. The van der Waals surface area contributed by atoms with Crippen LogP contribution in [-0.4, -0.2) is 95.5 Å². The minimum absolute atomic E-state index is 0.0232. The van der Waals surface area contributed by atoms with E-state index < -0.39 is 60.0 Å². The summed E-state index contributed by atoms with van der Waals surface area (Å²) in [5, 5.41) is 30.5. The normalized spacial score (nSPS) is 26.1. The molecule has 7 rings (SSSR count). The topological polar surface area (TPSA) is 192 Å². The number of ketones is 3. The van der Waals surface area contributed by atoms with Crippen LogP contribution < -0.4 is 10.6 Å². The van der Waals surface area contributed by atoms with Gasteiger partial charge in [0.05, 0.1) is 47.3 Å². The van der Waals surface area contributed by atoms with E-state index >= 15 is 0 Å². The molecular formula is C39H43N3O11S2. The van der Waals surface area contributed by atoms with Gasteiger partial charge in [0.2, 0.25) is 5.91 Å². The number of carbonyl (C=O) groups is 4. The van der Waals surface area contributed by atoms with Crippen molar-refractivity contribution in [2.24, 2.45) is 5.92 Å². The number of aromatic hydroxyl groups is 2. The molecule has 2 saturated heterocycles. The molecule has 1 aromatic heterocycles. The van der Waals surface area contributed by atoms with Crippen LogP contribution in [0.4, 0.5) is 5.69 Å². The lowest BCUT2D eigenvalue weighted by molar-refractivity contribution is -0.280. The summed E-state index contributed by atoms with van der Waals surface area (Å²) >= 11 is 0. The molecule has 4 N–H and O–H groups in total. The van der Waals surface area contributed by atoms with Gasteiger partial charge in [0, 0.05) is 61.1 Å². The van der Waals surface area contributed by atoms with E-state index in [9.17, 15) is 29.4 Å². The van der Waals surface area contributed by atoms with Crippen molar-refractivity contribution >= 4 is 50.5 Å². The Balaban J connectivity index is 1.12. The number of Topliss-reactive ketones (excluding diaryl/α,β-unsaturated/α-hetero) is 1. The third kappa shape index (κ3) is 8.18. The van der Waals surface area contributed by atoms with E-state index in [0.29, 0.717) is 31.7 Å². The summed E-state index contributed by atoms with van der Waals surface area (Å²) in [5.74, 6) is -3.08. The second-order valence-electron chi connectivity index (χ2n) is 13.8. The molecule has 1 amide bonds. The number of nitrogens with one attached hydrogen (secondary N) is 2. The number of pyridine rings is 1. The highest BCUT2D eigenvalue weighted by Gasteiger charge is 2.45. The minimum Gasteiger partial charge on any atom is -0.507 e. The molecule has 2 aromatic carbocycles. The predicted molar refractivity (Wildman–Crippen MR) is 202 cm³/mol. The lowest BCUT2D eigenvalue weighted by Crippen LogP contribution is -2.54. The third-order valence-electron chi connectivity index (χ3n) is 10.3. The Morgan fingerprint density at radius 2 is 1.85 bits per heavy atom. The summed E-state index contributed by atoms with van der Waals surface area (Å²) in [5.41, 5.74) is -0.426. The van der Waals surface area contributed by atoms with Crippen LogP contribution in [0.25, 0.3) is 0 Å². The molecule has 16 heteroatoms. The highest BCUT2D eigenvalue weighted by Crippen LogP contribution is 2.51. The van der Waals surface area contributed by atoms with E-state index in [0.717, 1.165) is 5.03 Å². The van der Waals surface area contributed by atoms with Crippen LogP contribution in [0, 0.1) is 5.92 Å². The van der Waals surface area contributed by atoms with Crippen LogP contribution in [0.1, 0.15) is 88.6 Å². The van der Waals surface area contributed by atoms with Gasteiger partial charge in [0.25, 0.3) is 0 Å².